The first kappa shape index (κ1) is 22.5. The molecule has 0 amide bonds. The van der Waals surface area contributed by atoms with E-state index in [2.05, 4.69) is 62.4 Å². The van der Waals surface area contributed by atoms with E-state index in [9.17, 15) is 0 Å². The van der Waals surface area contributed by atoms with Crippen LogP contribution in [0.5, 0.6) is 0 Å². The van der Waals surface area contributed by atoms with E-state index >= 15 is 0 Å². The Morgan fingerprint density at radius 1 is 0.556 bits per heavy atom. The molecule has 2 rings (SSSR count). The molecular weight excluding hydrogens is 387 g/mol. The normalized spacial score (nSPS) is 11.7. The van der Waals surface area contributed by atoms with Crippen LogP contribution in [0.3, 0.4) is 0 Å². The highest BCUT2D eigenvalue weighted by atomic mass is 35.7. The van der Waals surface area contributed by atoms with E-state index in [1.54, 1.807) is 0 Å². The average molecular weight is 422 g/mol. The van der Waals surface area contributed by atoms with Crippen molar-refractivity contribution in [1.29, 1.82) is 0 Å². The van der Waals surface area contributed by atoms with Crippen LogP contribution in [-0.4, -0.2) is 6.69 Å². The number of hydrogen-bond donors (Lipinski definition) is 0. The van der Waals surface area contributed by atoms with E-state index in [1.807, 2.05) is 0 Å². The van der Waals surface area contributed by atoms with E-state index in [4.69, 9.17) is 22.2 Å². The lowest BCUT2D eigenvalue weighted by atomic mass is 10.1. The minimum Gasteiger partial charge on any atom is -0.134 e. The molecule has 2 aromatic carbocycles. The summed E-state index contributed by atoms with van der Waals surface area (Å²) < 4.78 is 0. The van der Waals surface area contributed by atoms with Crippen LogP contribution in [0.2, 0.25) is 0 Å². The van der Waals surface area contributed by atoms with Crippen molar-refractivity contribution in [2.75, 3.05) is 0 Å². The molecule has 0 N–H and O–H groups in total. The number of hydrogen-bond acceptors (Lipinski definition) is 0. The predicted octanol–water partition coefficient (Wildman–Crippen LogP) is 6.97. The number of unbranched alkanes of at least 4 members (excludes halogenated alkanes) is 6. The summed E-state index contributed by atoms with van der Waals surface area (Å²) >= 11 is 13.8. The number of aryl methyl sites for hydroxylation is 2. The van der Waals surface area contributed by atoms with Gasteiger partial charge in [0, 0.05) is 0 Å². The molecule has 0 fully saturated rings. The third-order valence-electron chi connectivity index (χ3n) is 5.27. The second-order valence-corrected chi connectivity index (χ2v) is 13.9. The topological polar surface area (TPSA) is 0 Å². The molecule has 0 aromatic heterocycles. The van der Waals surface area contributed by atoms with Crippen LogP contribution in [0.25, 0.3) is 0 Å². The summed E-state index contributed by atoms with van der Waals surface area (Å²) in [5, 5.41) is 2.16. The molecule has 3 heteroatoms. The predicted molar refractivity (Wildman–Crippen MR) is 125 cm³/mol. The molecule has 2 aromatic rings. The van der Waals surface area contributed by atoms with Gasteiger partial charge in [-0.15, -0.1) is 22.2 Å². The fraction of sp³-hybridized carbons (Fsp3) is 0.500. The molecule has 0 spiro atoms. The molecule has 148 valence electrons. The van der Waals surface area contributed by atoms with Crippen LogP contribution in [0, 0.1) is 0 Å². The van der Waals surface area contributed by atoms with E-state index < -0.39 is 6.69 Å². The van der Waals surface area contributed by atoms with Gasteiger partial charge in [-0.3, -0.25) is 0 Å². The molecule has 27 heavy (non-hydrogen) atoms. The second kappa shape index (κ2) is 11.9. The van der Waals surface area contributed by atoms with Gasteiger partial charge in [0.25, 0.3) is 0 Å². The van der Waals surface area contributed by atoms with Gasteiger partial charge in [-0.2, -0.15) is 0 Å². The molecular formula is C24H34Cl2Si. The summed E-state index contributed by atoms with van der Waals surface area (Å²) in [7, 11) is 0. The molecule has 0 aliphatic carbocycles. The summed E-state index contributed by atoms with van der Waals surface area (Å²) in [6.07, 6.45) is 12.6. The zero-order valence-corrected chi connectivity index (χ0v) is 19.5. The molecule has 0 saturated carbocycles. The zero-order valence-electron chi connectivity index (χ0n) is 16.9. The number of rotatable bonds is 12. The van der Waals surface area contributed by atoms with Crippen LogP contribution in [0.4, 0.5) is 0 Å². The smallest absolute Gasteiger partial charge is 0.134 e. The summed E-state index contributed by atoms with van der Waals surface area (Å²) in [5.74, 6) is 0. The summed E-state index contributed by atoms with van der Waals surface area (Å²) in [5.41, 5.74) is 2.77. The Balaban J connectivity index is 1.96. The Morgan fingerprint density at radius 2 is 0.926 bits per heavy atom. The molecule has 0 radical (unpaired) electrons. The van der Waals surface area contributed by atoms with Crippen LogP contribution >= 0.6 is 22.2 Å². The van der Waals surface area contributed by atoms with Gasteiger partial charge < -0.3 is 0 Å². The molecule has 0 aliphatic heterocycles. The lowest BCUT2D eigenvalue weighted by Gasteiger charge is -2.18. The minimum atomic E-state index is -2.64. The first-order valence-corrected chi connectivity index (χ1v) is 14.7. The number of benzene rings is 2. The summed E-state index contributed by atoms with van der Waals surface area (Å²) in [4.78, 5) is 0. The SMILES string of the molecule is CCCCCCc1ccc([Si](Cl)(Cl)c2ccc(CCCCCC)cc2)cc1. The van der Waals surface area contributed by atoms with Crippen LogP contribution in [0.1, 0.15) is 76.3 Å². The fourth-order valence-electron chi connectivity index (χ4n) is 3.44. The minimum absolute atomic E-state index is 1.08. The van der Waals surface area contributed by atoms with Gasteiger partial charge in [-0.05, 0) is 47.2 Å². The summed E-state index contributed by atoms with van der Waals surface area (Å²) in [6, 6.07) is 17.4. The first-order chi connectivity index (χ1) is 13.1. The van der Waals surface area contributed by atoms with Crippen LogP contribution < -0.4 is 10.4 Å². The quantitative estimate of drug-likeness (QED) is 0.197. The van der Waals surface area contributed by atoms with Gasteiger partial charge in [0.15, 0.2) is 0 Å². The van der Waals surface area contributed by atoms with Crippen molar-refractivity contribution < 1.29 is 0 Å². The Bertz CT molecular complexity index is 590. The summed E-state index contributed by atoms with van der Waals surface area (Å²) in [6.45, 7) is 1.85. The monoisotopic (exact) mass is 420 g/mol. The maximum atomic E-state index is 6.89. The van der Waals surface area contributed by atoms with Crippen molar-refractivity contribution >= 4 is 39.2 Å². The standard InChI is InChI=1S/C24H34Cl2Si/c1-3-5-7-9-11-21-13-17-23(18-14-21)27(25,26)24-19-15-22(16-20-24)12-10-8-6-4-2/h13-20H,3-12H2,1-2H3. The maximum Gasteiger partial charge on any atom is 0.310 e. The number of halogens is 2. The van der Waals surface area contributed by atoms with Gasteiger partial charge in [0.05, 0.1) is 0 Å². The van der Waals surface area contributed by atoms with Gasteiger partial charge in [-0.1, -0.05) is 101 Å². The molecule has 0 bridgehead atoms. The lowest BCUT2D eigenvalue weighted by molar-refractivity contribution is 0.667. The maximum absolute atomic E-state index is 6.89. The average Bonchev–Trinajstić information content (AvgIpc) is 2.69. The van der Waals surface area contributed by atoms with Crippen molar-refractivity contribution in [2.45, 2.75) is 78.1 Å². The highest BCUT2D eigenvalue weighted by molar-refractivity contribution is 7.56. The van der Waals surface area contributed by atoms with Crippen molar-refractivity contribution in [3.8, 4) is 0 Å². The van der Waals surface area contributed by atoms with Crippen LogP contribution in [0.15, 0.2) is 48.5 Å². The molecule has 0 heterocycles. The van der Waals surface area contributed by atoms with Gasteiger partial charge in [0.1, 0.15) is 0 Å². The highest BCUT2D eigenvalue weighted by Gasteiger charge is 2.33. The largest absolute Gasteiger partial charge is 0.310 e. The van der Waals surface area contributed by atoms with E-state index in [1.165, 1.54) is 62.5 Å². The van der Waals surface area contributed by atoms with Crippen molar-refractivity contribution in [3.63, 3.8) is 0 Å². The Hall–Kier alpha value is -0.763. The Kier molecular flexibility index (Phi) is 9.96. The molecule has 0 unspecified atom stereocenters. The molecule has 0 aliphatic rings. The third-order valence-corrected chi connectivity index (χ3v) is 10.0. The second-order valence-electron chi connectivity index (χ2n) is 7.59. The highest BCUT2D eigenvalue weighted by Crippen LogP contribution is 2.18. The first-order valence-electron chi connectivity index (χ1n) is 10.6. The zero-order chi connectivity index (χ0) is 19.5. The molecule has 0 nitrogen and oxygen atoms in total. The molecule has 0 saturated heterocycles. The van der Waals surface area contributed by atoms with Crippen molar-refractivity contribution in [1.82, 2.24) is 0 Å². The Labute approximate surface area is 176 Å². The van der Waals surface area contributed by atoms with Gasteiger partial charge in [0.2, 0.25) is 0 Å². The third kappa shape index (κ3) is 7.29. The van der Waals surface area contributed by atoms with Crippen molar-refractivity contribution in [2.24, 2.45) is 0 Å². The van der Waals surface area contributed by atoms with Crippen LogP contribution in [-0.2, 0) is 12.8 Å². The van der Waals surface area contributed by atoms with Gasteiger partial charge >= 0.3 is 6.69 Å². The van der Waals surface area contributed by atoms with E-state index in [0.717, 1.165) is 23.2 Å². The van der Waals surface area contributed by atoms with E-state index in [0.29, 0.717) is 0 Å². The van der Waals surface area contributed by atoms with Gasteiger partial charge in [-0.25, -0.2) is 0 Å². The Morgan fingerprint density at radius 3 is 1.26 bits per heavy atom. The van der Waals surface area contributed by atoms with E-state index in [-0.39, 0.29) is 0 Å². The van der Waals surface area contributed by atoms with Crippen molar-refractivity contribution in [3.05, 3.63) is 59.7 Å². The fourth-order valence-corrected chi connectivity index (χ4v) is 6.46. The lowest BCUT2D eigenvalue weighted by Crippen LogP contribution is -2.48. The molecule has 0 atom stereocenters.